The summed E-state index contributed by atoms with van der Waals surface area (Å²) in [6, 6.07) is 8.50. The fourth-order valence-electron chi connectivity index (χ4n) is 1.94. The van der Waals surface area contributed by atoms with E-state index in [9.17, 15) is 0 Å². The molecule has 1 rings (SSSR count). The van der Waals surface area contributed by atoms with Crippen molar-refractivity contribution in [1.82, 2.24) is 0 Å². The summed E-state index contributed by atoms with van der Waals surface area (Å²) in [5.41, 5.74) is 8.60. The normalized spacial score (nSPS) is 12.5. The van der Waals surface area contributed by atoms with Crippen LogP contribution in [0.4, 0.5) is 5.69 Å². The van der Waals surface area contributed by atoms with Crippen LogP contribution < -0.4 is 10.6 Å². The molecule has 0 aliphatic rings. The highest BCUT2D eigenvalue weighted by molar-refractivity contribution is 5.54. The van der Waals surface area contributed by atoms with Gasteiger partial charge in [-0.05, 0) is 24.5 Å². The number of anilines is 1. The maximum atomic E-state index is 6.14. The Hall–Kier alpha value is -1.06. The quantitative estimate of drug-likeness (QED) is 0.739. The van der Waals surface area contributed by atoms with Crippen LogP contribution in [-0.2, 0) is 4.74 Å². The average molecular weight is 236 g/mol. The molecule has 0 saturated heterocycles. The van der Waals surface area contributed by atoms with Crippen molar-refractivity contribution in [1.29, 1.82) is 0 Å². The molecule has 0 amide bonds. The molecular formula is C14H24N2O. The van der Waals surface area contributed by atoms with Gasteiger partial charge in [0.05, 0.1) is 0 Å². The summed E-state index contributed by atoms with van der Waals surface area (Å²) in [5, 5.41) is 0. The summed E-state index contributed by atoms with van der Waals surface area (Å²) in [5.74, 6) is 0. The van der Waals surface area contributed by atoms with Crippen LogP contribution in [0.25, 0.3) is 0 Å². The number of hydrogen-bond acceptors (Lipinski definition) is 3. The number of hydrogen-bond donors (Lipinski definition) is 1. The summed E-state index contributed by atoms with van der Waals surface area (Å²) in [4.78, 5) is 2.25. The van der Waals surface area contributed by atoms with Crippen molar-refractivity contribution in [3.05, 3.63) is 29.8 Å². The SMILES string of the molecule is CC[C@H](N)c1ccccc1N(C)CCCOC. The van der Waals surface area contributed by atoms with Gasteiger partial charge in [0.2, 0.25) is 0 Å². The van der Waals surface area contributed by atoms with Crippen molar-refractivity contribution < 1.29 is 4.74 Å². The molecule has 0 saturated carbocycles. The first-order valence-corrected chi connectivity index (χ1v) is 6.25. The lowest BCUT2D eigenvalue weighted by molar-refractivity contribution is 0.196. The smallest absolute Gasteiger partial charge is 0.0479 e. The van der Waals surface area contributed by atoms with Crippen LogP contribution in [0.2, 0.25) is 0 Å². The first-order chi connectivity index (χ1) is 8.20. The van der Waals surface area contributed by atoms with Crippen molar-refractivity contribution in [2.75, 3.05) is 32.2 Å². The van der Waals surface area contributed by atoms with E-state index >= 15 is 0 Å². The van der Waals surface area contributed by atoms with Gasteiger partial charge in [0.25, 0.3) is 0 Å². The van der Waals surface area contributed by atoms with Crippen molar-refractivity contribution in [3.8, 4) is 0 Å². The topological polar surface area (TPSA) is 38.5 Å². The highest BCUT2D eigenvalue weighted by Crippen LogP contribution is 2.25. The number of ether oxygens (including phenoxy) is 1. The van der Waals surface area contributed by atoms with Crippen molar-refractivity contribution in [2.45, 2.75) is 25.8 Å². The van der Waals surface area contributed by atoms with E-state index in [2.05, 4.69) is 43.1 Å². The van der Waals surface area contributed by atoms with E-state index in [1.807, 2.05) is 0 Å². The Morgan fingerprint density at radius 2 is 2.06 bits per heavy atom. The van der Waals surface area contributed by atoms with Gasteiger partial charge >= 0.3 is 0 Å². The third kappa shape index (κ3) is 4.02. The Bertz CT molecular complexity index is 328. The van der Waals surface area contributed by atoms with E-state index in [1.165, 1.54) is 11.3 Å². The third-order valence-corrected chi connectivity index (χ3v) is 3.03. The van der Waals surface area contributed by atoms with Gasteiger partial charge in [-0.15, -0.1) is 0 Å². The van der Waals surface area contributed by atoms with Crippen molar-refractivity contribution >= 4 is 5.69 Å². The van der Waals surface area contributed by atoms with E-state index in [4.69, 9.17) is 10.5 Å². The van der Waals surface area contributed by atoms with Gasteiger partial charge in [0, 0.05) is 39.0 Å². The summed E-state index contributed by atoms with van der Waals surface area (Å²) in [6.07, 6.45) is 1.99. The van der Waals surface area contributed by atoms with Crippen molar-refractivity contribution in [3.63, 3.8) is 0 Å². The number of rotatable bonds is 7. The largest absolute Gasteiger partial charge is 0.385 e. The van der Waals surface area contributed by atoms with E-state index < -0.39 is 0 Å². The molecule has 0 aromatic heterocycles. The van der Waals surface area contributed by atoms with E-state index in [0.29, 0.717) is 0 Å². The summed E-state index contributed by atoms with van der Waals surface area (Å²) in [6.45, 7) is 3.90. The van der Waals surface area contributed by atoms with E-state index in [-0.39, 0.29) is 6.04 Å². The molecule has 0 spiro atoms. The zero-order valence-electron chi connectivity index (χ0n) is 11.1. The molecule has 3 nitrogen and oxygen atoms in total. The minimum absolute atomic E-state index is 0.121. The second-order valence-corrected chi connectivity index (χ2v) is 4.34. The molecule has 3 heteroatoms. The minimum atomic E-state index is 0.121. The molecule has 0 aliphatic carbocycles. The lowest BCUT2D eigenvalue weighted by atomic mass is 10.0. The Morgan fingerprint density at radius 3 is 2.71 bits per heavy atom. The van der Waals surface area contributed by atoms with Gasteiger partial charge in [0.15, 0.2) is 0 Å². The summed E-state index contributed by atoms with van der Waals surface area (Å²) in [7, 11) is 3.85. The molecule has 17 heavy (non-hydrogen) atoms. The first kappa shape index (κ1) is 14.0. The fraction of sp³-hybridized carbons (Fsp3) is 0.571. The van der Waals surface area contributed by atoms with Crippen LogP contribution in [0.3, 0.4) is 0 Å². The van der Waals surface area contributed by atoms with Gasteiger partial charge in [-0.3, -0.25) is 0 Å². The molecule has 1 aromatic carbocycles. The molecule has 1 aromatic rings. The number of nitrogens with zero attached hydrogens (tertiary/aromatic N) is 1. The average Bonchev–Trinajstić information content (AvgIpc) is 2.38. The standard InChI is InChI=1S/C14H24N2O/c1-4-13(15)12-8-5-6-9-14(12)16(2)10-7-11-17-3/h5-6,8-9,13H,4,7,10-11,15H2,1-3H3/t13-/m0/s1. The molecule has 0 radical (unpaired) electrons. The summed E-state index contributed by atoms with van der Waals surface area (Å²) >= 11 is 0. The first-order valence-electron chi connectivity index (χ1n) is 6.25. The Kier molecular flexibility index (Phi) is 6.01. The van der Waals surface area contributed by atoms with Crippen LogP contribution in [0.1, 0.15) is 31.4 Å². The molecule has 0 heterocycles. The van der Waals surface area contributed by atoms with E-state index in [0.717, 1.165) is 26.0 Å². The zero-order valence-corrected chi connectivity index (χ0v) is 11.1. The second kappa shape index (κ2) is 7.30. The molecule has 0 bridgehead atoms. The number of nitrogens with two attached hydrogens (primary N) is 1. The van der Waals surface area contributed by atoms with Crippen LogP contribution in [0.5, 0.6) is 0 Å². The van der Waals surface area contributed by atoms with Gasteiger partial charge in [-0.1, -0.05) is 25.1 Å². The van der Waals surface area contributed by atoms with Crippen LogP contribution in [0, 0.1) is 0 Å². The van der Waals surface area contributed by atoms with Gasteiger partial charge in [0.1, 0.15) is 0 Å². The van der Waals surface area contributed by atoms with Crippen molar-refractivity contribution in [2.24, 2.45) is 5.73 Å². The number of para-hydroxylation sites is 1. The molecule has 0 aliphatic heterocycles. The fourth-order valence-corrected chi connectivity index (χ4v) is 1.94. The molecule has 1 atom stereocenters. The van der Waals surface area contributed by atoms with Gasteiger partial charge < -0.3 is 15.4 Å². The maximum absolute atomic E-state index is 6.14. The number of benzene rings is 1. The second-order valence-electron chi connectivity index (χ2n) is 4.34. The van der Waals surface area contributed by atoms with Crippen LogP contribution in [-0.4, -0.2) is 27.3 Å². The predicted octanol–water partition coefficient (Wildman–Crippen LogP) is 2.57. The molecule has 96 valence electrons. The lowest BCUT2D eigenvalue weighted by Crippen LogP contribution is -2.23. The third-order valence-electron chi connectivity index (χ3n) is 3.03. The molecule has 2 N–H and O–H groups in total. The highest BCUT2D eigenvalue weighted by atomic mass is 16.5. The lowest BCUT2D eigenvalue weighted by Gasteiger charge is -2.24. The van der Waals surface area contributed by atoms with E-state index in [1.54, 1.807) is 7.11 Å². The Morgan fingerprint density at radius 1 is 1.35 bits per heavy atom. The van der Waals surface area contributed by atoms with Gasteiger partial charge in [-0.25, -0.2) is 0 Å². The zero-order chi connectivity index (χ0) is 12.7. The molecule has 0 unspecified atom stereocenters. The minimum Gasteiger partial charge on any atom is -0.385 e. The van der Waals surface area contributed by atoms with Crippen LogP contribution >= 0.6 is 0 Å². The predicted molar refractivity (Wildman–Crippen MR) is 73.4 cm³/mol. The molecular weight excluding hydrogens is 212 g/mol. The maximum Gasteiger partial charge on any atom is 0.0479 e. The highest BCUT2D eigenvalue weighted by Gasteiger charge is 2.11. The van der Waals surface area contributed by atoms with Gasteiger partial charge in [-0.2, -0.15) is 0 Å². The Labute approximate surface area is 105 Å². The Balaban J connectivity index is 2.74. The van der Waals surface area contributed by atoms with Crippen LogP contribution in [0.15, 0.2) is 24.3 Å². The monoisotopic (exact) mass is 236 g/mol. The summed E-state index contributed by atoms with van der Waals surface area (Å²) < 4.78 is 5.08. The molecule has 0 fully saturated rings. The number of methoxy groups -OCH3 is 1.